The van der Waals surface area contributed by atoms with Crippen molar-refractivity contribution in [2.75, 3.05) is 0 Å². The predicted molar refractivity (Wildman–Crippen MR) is 84.4 cm³/mol. The fourth-order valence-corrected chi connectivity index (χ4v) is 6.65. The molecule has 0 nitrogen and oxygen atoms in total. The standard InChI is InChI=1S/2C6H2F3.C6H5F2.Al/c2*7-4-1-2-5(8)6(9)3-4;7-5-2-1-3-6(8)4-5;/h2*1,3H;1-3H,4H2;. The van der Waals surface area contributed by atoms with Crippen LogP contribution >= 0.6 is 0 Å². The van der Waals surface area contributed by atoms with E-state index in [4.69, 9.17) is 0 Å². The van der Waals surface area contributed by atoms with Crippen LogP contribution in [0.5, 0.6) is 0 Å². The van der Waals surface area contributed by atoms with Gasteiger partial charge < -0.3 is 0 Å². The monoisotopic (exact) mass is 404 g/mol. The molecule has 0 saturated carbocycles. The number of hydrogen-bond acceptors (Lipinski definition) is 0. The molecule has 0 aliphatic heterocycles. The molecule has 9 heteroatoms. The fraction of sp³-hybridized carbons (Fsp3) is 0.111. The van der Waals surface area contributed by atoms with Crippen LogP contribution in [0.4, 0.5) is 35.1 Å². The Labute approximate surface area is 152 Å². The largest absolute Gasteiger partial charge is 0.412 e. The van der Waals surface area contributed by atoms with Crippen molar-refractivity contribution in [3.05, 3.63) is 83.2 Å². The molecule has 1 aliphatic rings. The highest BCUT2D eigenvalue weighted by molar-refractivity contribution is 6.88. The highest BCUT2D eigenvalue weighted by Crippen LogP contribution is 2.31. The molecule has 0 radical (unpaired) electrons. The Balaban J connectivity index is 2.33. The average molecular weight is 404 g/mol. The molecule has 2 aromatic rings. The molecule has 0 saturated heterocycles. The van der Waals surface area contributed by atoms with E-state index in [-0.39, 0.29) is 12.1 Å². The van der Waals surface area contributed by atoms with Crippen LogP contribution in [0.2, 0.25) is 0 Å². The molecule has 0 bridgehead atoms. The number of alkyl halides is 1. The smallest absolute Gasteiger partial charge is 0.255 e. The lowest BCUT2D eigenvalue weighted by atomic mass is 10.1. The first-order valence-electron chi connectivity index (χ1n) is 7.64. The van der Waals surface area contributed by atoms with Crippen molar-refractivity contribution in [2.45, 2.75) is 11.0 Å². The predicted octanol–water partition coefficient (Wildman–Crippen LogP) is 4.19. The molecule has 1 aliphatic carbocycles. The summed E-state index contributed by atoms with van der Waals surface area (Å²) in [6.45, 7) is 0. The molecule has 3 rings (SSSR count). The van der Waals surface area contributed by atoms with Crippen molar-refractivity contribution in [2.24, 2.45) is 0 Å². The second kappa shape index (κ2) is 7.13. The summed E-state index contributed by atoms with van der Waals surface area (Å²) in [4.78, 5) is 0. The molecule has 140 valence electrons. The third-order valence-corrected chi connectivity index (χ3v) is 7.67. The first-order valence-corrected chi connectivity index (χ1v) is 9.37. The Kier molecular flexibility index (Phi) is 5.19. The third kappa shape index (κ3) is 3.67. The van der Waals surface area contributed by atoms with Gasteiger partial charge in [0.15, 0.2) is 11.6 Å². The summed E-state index contributed by atoms with van der Waals surface area (Å²) in [5, 5.41) is 0. The molecule has 1 atom stereocenters. The van der Waals surface area contributed by atoms with Crippen LogP contribution in [0.15, 0.2) is 48.3 Å². The summed E-state index contributed by atoms with van der Waals surface area (Å²) in [6.07, 6.45) is 1.61. The number of hydrogen-bond donors (Lipinski definition) is 0. The Morgan fingerprint density at radius 2 is 1.22 bits per heavy atom. The molecule has 2 aromatic carbocycles. The number of benzene rings is 2. The van der Waals surface area contributed by atoms with Gasteiger partial charge in [-0.1, -0.05) is 21.0 Å². The topological polar surface area (TPSA) is 0 Å². The van der Waals surface area contributed by atoms with Crippen LogP contribution in [0.1, 0.15) is 6.42 Å². The Hall–Kier alpha value is -2.11. The van der Waals surface area contributed by atoms with Crippen LogP contribution in [0.3, 0.4) is 0 Å². The van der Waals surface area contributed by atoms with Gasteiger partial charge in [0.2, 0.25) is 0 Å². The fourth-order valence-electron chi connectivity index (χ4n) is 3.14. The van der Waals surface area contributed by atoms with Crippen molar-refractivity contribution >= 4 is 23.0 Å². The maximum Gasteiger partial charge on any atom is 0.412 e. The lowest BCUT2D eigenvalue weighted by molar-refractivity contribution is 0.312. The minimum absolute atomic E-state index is 0.189. The summed E-state index contributed by atoms with van der Waals surface area (Å²) < 4.78 is 108. The minimum atomic E-state index is -4.12. The summed E-state index contributed by atoms with van der Waals surface area (Å²) >= 11 is -4.12. The van der Waals surface area contributed by atoms with Crippen molar-refractivity contribution in [3.63, 3.8) is 0 Å². The van der Waals surface area contributed by atoms with Crippen LogP contribution in [-0.2, 0) is 0 Å². The van der Waals surface area contributed by atoms with E-state index in [0.29, 0.717) is 12.1 Å². The summed E-state index contributed by atoms with van der Waals surface area (Å²) in [6, 6.07) is 1.25. The maximum atomic E-state index is 15.6. The number of rotatable bonds is 3. The van der Waals surface area contributed by atoms with Crippen molar-refractivity contribution in [3.8, 4) is 0 Å². The molecule has 0 N–H and O–H groups in total. The Bertz CT molecular complexity index is 911. The molecule has 0 amide bonds. The molecular weight excluding hydrogens is 395 g/mol. The van der Waals surface area contributed by atoms with Crippen molar-refractivity contribution in [1.29, 1.82) is 0 Å². The molecule has 0 aromatic heterocycles. The molecule has 0 fully saturated rings. The normalized spacial score (nSPS) is 19.2. The molecule has 1 unspecified atom stereocenters. The van der Waals surface area contributed by atoms with Crippen molar-refractivity contribution < 1.29 is 35.1 Å². The summed E-state index contributed by atoms with van der Waals surface area (Å²) in [7, 11) is 0. The van der Waals surface area contributed by atoms with Crippen LogP contribution in [-0.4, -0.2) is 18.7 Å². The number of halogens is 8. The van der Waals surface area contributed by atoms with E-state index in [0.717, 1.165) is 18.2 Å². The van der Waals surface area contributed by atoms with Crippen LogP contribution in [0.25, 0.3) is 0 Å². The summed E-state index contributed by atoms with van der Waals surface area (Å²) in [5.41, 5.74) is 0. The SMILES string of the molecule is FC1=CC=C[C](F)([Al]([c]2cc(F)cc(F)c2F)[c]2cc(F)cc(F)c2F)C1. The van der Waals surface area contributed by atoms with Gasteiger partial charge in [0.25, 0.3) is 0 Å². The average Bonchev–Trinajstić information content (AvgIpc) is 2.56. The van der Waals surface area contributed by atoms with Gasteiger partial charge in [-0.15, -0.1) is 0 Å². The van der Waals surface area contributed by atoms with E-state index in [1.165, 1.54) is 0 Å². The van der Waals surface area contributed by atoms with Gasteiger partial charge in [0.1, 0.15) is 29.1 Å². The lowest BCUT2D eigenvalue weighted by Gasteiger charge is -2.30. The van der Waals surface area contributed by atoms with E-state index in [9.17, 15) is 30.7 Å². The van der Waals surface area contributed by atoms with Crippen LogP contribution < -0.4 is 8.85 Å². The molecular formula is C18H9AlF8. The van der Waals surface area contributed by atoms with Gasteiger partial charge in [-0.2, -0.15) is 0 Å². The van der Waals surface area contributed by atoms with Gasteiger partial charge in [-0.3, -0.25) is 4.39 Å². The number of allylic oxidation sites excluding steroid dienone is 4. The zero-order valence-corrected chi connectivity index (χ0v) is 14.5. The van der Waals surface area contributed by atoms with E-state index < -0.39 is 74.7 Å². The van der Waals surface area contributed by atoms with E-state index in [1.54, 1.807) is 0 Å². The first-order chi connectivity index (χ1) is 12.6. The molecule has 27 heavy (non-hydrogen) atoms. The highest BCUT2D eigenvalue weighted by atomic mass is 27.2. The van der Waals surface area contributed by atoms with E-state index in [1.807, 2.05) is 0 Å². The minimum Gasteiger partial charge on any atom is -0.255 e. The first kappa shape index (κ1) is 19.6. The second-order valence-corrected chi connectivity index (χ2v) is 9.16. The zero-order valence-electron chi connectivity index (χ0n) is 13.3. The van der Waals surface area contributed by atoms with Gasteiger partial charge in [-0.05, 0) is 18.2 Å². The third-order valence-electron chi connectivity index (χ3n) is 4.23. The van der Waals surface area contributed by atoms with E-state index in [2.05, 4.69) is 0 Å². The maximum absolute atomic E-state index is 15.6. The highest BCUT2D eigenvalue weighted by Gasteiger charge is 2.50. The van der Waals surface area contributed by atoms with Crippen LogP contribution in [0, 0.1) is 34.9 Å². The van der Waals surface area contributed by atoms with Gasteiger partial charge in [0, 0.05) is 18.6 Å². The Morgan fingerprint density at radius 3 is 1.67 bits per heavy atom. The van der Waals surface area contributed by atoms with Gasteiger partial charge in [-0.25, -0.2) is 30.7 Å². The second-order valence-electron chi connectivity index (χ2n) is 6.09. The van der Waals surface area contributed by atoms with Crippen molar-refractivity contribution in [1.82, 2.24) is 0 Å². The Morgan fingerprint density at radius 1 is 0.741 bits per heavy atom. The quantitative estimate of drug-likeness (QED) is 0.409. The van der Waals surface area contributed by atoms with Gasteiger partial charge >= 0.3 is 14.1 Å². The summed E-state index contributed by atoms with van der Waals surface area (Å²) in [5.74, 6) is -10.3. The van der Waals surface area contributed by atoms with Gasteiger partial charge in [0.05, 0.1) is 4.53 Å². The molecule has 0 spiro atoms. The van der Waals surface area contributed by atoms with E-state index >= 15 is 4.39 Å². The zero-order chi connectivity index (χ0) is 19.9. The lowest BCUT2D eigenvalue weighted by Crippen LogP contribution is -2.60. The molecule has 0 heterocycles.